The van der Waals surface area contributed by atoms with E-state index < -0.39 is 23.8 Å². The molecule has 9 heteroatoms. The molecule has 0 aliphatic rings. The van der Waals surface area contributed by atoms with Crippen LogP contribution in [0.1, 0.15) is 20.9 Å². The minimum Gasteiger partial charge on any atom is -0.465 e. The molecule has 0 amide bonds. The topological polar surface area (TPSA) is 61.3 Å². The number of thiophene rings is 1. The van der Waals surface area contributed by atoms with Crippen LogP contribution in [-0.4, -0.2) is 23.0 Å². The van der Waals surface area contributed by atoms with Crippen LogP contribution in [0.2, 0.25) is 0 Å². The molecule has 5 nitrogen and oxygen atoms in total. The molecule has 0 bridgehead atoms. The summed E-state index contributed by atoms with van der Waals surface area (Å²) in [6, 6.07) is 1.95. The zero-order valence-electron chi connectivity index (χ0n) is 10.7. The van der Waals surface area contributed by atoms with Gasteiger partial charge in [0.25, 0.3) is 0 Å². The first-order valence-corrected chi connectivity index (χ1v) is 6.47. The van der Waals surface area contributed by atoms with Crippen molar-refractivity contribution in [2.45, 2.75) is 12.8 Å². The minimum absolute atomic E-state index is 0.130. The molecule has 0 atom stereocenters. The summed E-state index contributed by atoms with van der Waals surface area (Å²) in [5, 5.41) is 1.65. The number of carbonyl (C=O) groups excluding carboxylic acids is 1. The van der Waals surface area contributed by atoms with Crippen LogP contribution < -0.4 is 4.74 Å². The maximum Gasteiger partial charge on any atom is 0.433 e. The summed E-state index contributed by atoms with van der Waals surface area (Å²) >= 11 is 1.15. The standard InChI is InChI=1S/C12H9F3N2O3S/c1-19-10(18)9-7(3-5-21-9)6-20-11-16-4-2-8(17-11)12(13,14)15/h2-5H,6H2,1H3. The fourth-order valence-corrected chi connectivity index (χ4v) is 2.26. The summed E-state index contributed by atoms with van der Waals surface area (Å²) in [7, 11) is 1.24. The van der Waals surface area contributed by atoms with Crippen molar-refractivity contribution in [1.82, 2.24) is 9.97 Å². The number of ether oxygens (including phenoxy) is 2. The summed E-state index contributed by atoms with van der Waals surface area (Å²) in [6.07, 6.45) is -3.61. The van der Waals surface area contributed by atoms with E-state index in [1.165, 1.54) is 7.11 Å². The van der Waals surface area contributed by atoms with Crippen LogP contribution in [0.25, 0.3) is 0 Å². The third kappa shape index (κ3) is 3.69. The number of nitrogens with zero attached hydrogens (tertiary/aromatic N) is 2. The lowest BCUT2D eigenvalue weighted by molar-refractivity contribution is -0.141. The van der Waals surface area contributed by atoms with Gasteiger partial charge in [-0.15, -0.1) is 11.3 Å². The SMILES string of the molecule is COC(=O)c1sccc1COc1nccc(C(F)(F)F)n1. The van der Waals surface area contributed by atoms with Gasteiger partial charge in [-0.1, -0.05) is 0 Å². The van der Waals surface area contributed by atoms with Crippen molar-refractivity contribution >= 4 is 17.3 Å². The van der Waals surface area contributed by atoms with Gasteiger partial charge < -0.3 is 9.47 Å². The summed E-state index contributed by atoms with van der Waals surface area (Å²) in [5.41, 5.74) is -0.598. The van der Waals surface area contributed by atoms with Gasteiger partial charge in [-0.3, -0.25) is 0 Å². The zero-order chi connectivity index (χ0) is 15.5. The number of rotatable bonds is 4. The molecule has 2 aromatic heterocycles. The highest BCUT2D eigenvalue weighted by molar-refractivity contribution is 7.12. The Labute approximate surface area is 121 Å². The molecule has 0 saturated carbocycles. The Kier molecular flexibility index (Phi) is 4.41. The van der Waals surface area contributed by atoms with Gasteiger partial charge in [0.1, 0.15) is 11.5 Å². The van der Waals surface area contributed by atoms with Crippen LogP contribution in [-0.2, 0) is 17.5 Å². The van der Waals surface area contributed by atoms with E-state index in [9.17, 15) is 18.0 Å². The van der Waals surface area contributed by atoms with Crippen LogP contribution in [0.5, 0.6) is 6.01 Å². The molecule has 0 aliphatic heterocycles. The van der Waals surface area contributed by atoms with Gasteiger partial charge in [0.2, 0.25) is 0 Å². The second kappa shape index (κ2) is 6.08. The van der Waals surface area contributed by atoms with E-state index in [1.54, 1.807) is 11.4 Å². The molecular formula is C12H9F3N2O3S. The van der Waals surface area contributed by atoms with E-state index in [4.69, 9.17) is 4.74 Å². The van der Waals surface area contributed by atoms with Crippen LogP contribution in [0.4, 0.5) is 13.2 Å². The highest BCUT2D eigenvalue weighted by atomic mass is 32.1. The number of alkyl halides is 3. The molecule has 0 radical (unpaired) electrons. The summed E-state index contributed by atoms with van der Waals surface area (Å²) in [4.78, 5) is 18.6. The molecule has 2 aromatic rings. The normalized spacial score (nSPS) is 11.2. The summed E-state index contributed by atoms with van der Waals surface area (Å²) < 4.78 is 47.2. The molecule has 0 spiro atoms. The molecule has 0 aliphatic carbocycles. The Hall–Kier alpha value is -2.16. The van der Waals surface area contributed by atoms with Crippen molar-refractivity contribution in [3.8, 4) is 6.01 Å². The Balaban J connectivity index is 2.11. The number of halogens is 3. The lowest BCUT2D eigenvalue weighted by Gasteiger charge is -2.08. The third-order valence-corrected chi connectivity index (χ3v) is 3.33. The van der Waals surface area contributed by atoms with Crippen LogP contribution >= 0.6 is 11.3 Å². The van der Waals surface area contributed by atoms with Gasteiger partial charge in [0.15, 0.2) is 5.69 Å². The molecule has 2 heterocycles. The quantitative estimate of drug-likeness (QED) is 0.811. The Bertz CT molecular complexity index is 643. The highest BCUT2D eigenvalue weighted by Crippen LogP contribution is 2.28. The minimum atomic E-state index is -4.57. The van der Waals surface area contributed by atoms with Gasteiger partial charge in [-0.2, -0.15) is 18.2 Å². The molecule has 0 saturated heterocycles. The Morgan fingerprint density at radius 1 is 1.38 bits per heavy atom. The molecule has 0 N–H and O–H groups in total. The van der Waals surface area contributed by atoms with Crippen LogP contribution in [0.3, 0.4) is 0 Å². The van der Waals surface area contributed by atoms with Gasteiger partial charge >= 0.3 is 18.2 Å². The van der Waals surface area contributed by atoms with Crippen molar-refractivity contribution < 1.29 is 27.4 Å². The lowest BCUT2D eigenvalue weighted by atomic mass is 10.3. The van der Waals surface area contributed by atoms with Crippen LogP contribution in [0, 0.1) is 0 Å². The fraction of sp³-hybridized carbons (Fsp3) is 0.250. The van der Waals surface area contributed by atoms with Gasteiger partial charge in [0.05, 0.1) is 7.11 Å². The van der Waals surface area contributed by atoms with E-state index in [0.29, 0.717) is 10.4 Å². The maximum absolute atomic E-state index is 12.5. The molecule has 0 aromatic carbocycles. The molecule has 112 valence electrons. The van der Waals surface area contributed by atoms with Crippen LogP contribution in [0.15, 0.2) is 23.7 Å². The van der Waals surface area contributed by atoms with E-state index in [0.717, 1.165) is 23.6 Å². The van der Waals surface area contributed by atoms with Crippen molar-refractivity contribution in [3.63, 3.8) is 0 Å². The zero-order valence-corrected chi connectivity index (χ0v) is 11.5. The summed E-state index contributed by atoms with van der Waals surface area (Å²) in [6.45, 7) is -0.130. The van der Waals surface area contributed by atoms with Gasteiger partial charge in [0, 0.05) is 11.8 Å². The molecule has 2 rings (SSSR count). The Morgan fingerprint density at radius 3 is 2.81 bits per heavy atom. The monoisotopic (exact) mass is 318 g/mol. The van der Waals surface area contributed by atoms with Crippen molar-refractivity contribution in [2.75, 3.05) is 7.11 Å². The molecule has 0 unspecified atom stereocenters. The first-order chi connectivity index (χ1) is 9.91. The smallest absolute Gasteiger partial charge is 0.433 e. The van der Waals surface area contributed by atoms with Crippen molar-refractivity contribution in [3.05, 3.63) is 39.8 Å². The maximum atomic E-state index is 12.5. The average Bonchev–Trinajstić information content (AvgIpc) is 2.92. The fourth-order valence-electron chi connectivity index (χ4n) is 1.43. The largest absolute Gasteiger partial charge is 0.465 e. The number of carbonyl (C=O) groups is 1. The highest BCUT2D eigenvalue weighted by Gasteiger charge is 2.33. The lowest BCUT2D eigenvalue weighted by Crippen LogP contribution is -2.10. The number of methoxy groups -OCH3 is 1. The average molecular weight is 318 g/mol. The van der Waals surface area contributed by atoms with Crippen molar-refractivity contribution in [2.24, 2.45) is 0 Å². The van der Waals surface area contributed by atoms with Gasteiger partial charge in [-0.25, -0.2) is 9.78 Å². The number of hydrogen-bond donors (Lipinski definition) is 0. The van der Waals surface area contributed by atoms with E-state index in [1.807, 2.05) is 0 Å². The number of aromatic nitrogens is 2. The molecule has 21 heavy (non-hydrogen) atoms. The van der Waals surface area contributed by atoms with E-state index >= 15 is 0 Å². The van der Waals surface area contributed by atoms with Gasteiger partial charge in [-0.05, 0) is 17.5 Å². The summed E-state index contributed by atoms with van der Waals surface area (Å²) in [5.74, 6) is -0.534. The predicted molar refractivity (Wildman–Crippen MR) is 67.0 cm³/mol. The van der Waals surface area contributed by atoms with E-state index in [2.05, 4.69) is 14.7 Å². The number of esters is 1. The second-order valence-electron chi connectivity index (χ2n) is 3.78. The Morgan fingerprint density at radius 2 is 2.14 bits per heavy atom. The first kappa shape index (κ1) is 15.2. The molecular weight excluding hydrogens is 309 g/mol. The van der Waals surface area contributed by atoms with Crippen molar-refractivity contribution in [1.29, 1.82) is 0 Å². The first-order valence-electron chi connectivity index (χ1n) is 5.59. The number of hydrogen-bond acceptors (Lipinski definition) is 6. The van der Waals surface area contributed by atoms with E-state index in [-0.39, 0.29) is 6.61 Å². The predicted octanol–water partition coefficient (Wildman–Crippen LogP) is 2.92. The molecule has 0 fully saturated rings. The second-order valence-corrected chi connectivity index (χ2v) is 4.69. The third-order valence-electron chi connectivity index (χ3n) is 2.40.